The molecule has 116 valence electrons. The summed E-state index contributed by atoms with van der Waals surface area (Å²) in [7, 11) is 0. The molecule has 4 N–H and O–H groups in total. The normalized spacial score (nSPS) is 11.2. The van der Waals surface area contributed by atoms with Crippen molar-refractivity contribution in [3.63, 3.8) is 0 Å². The lowest BCUT2D eigenvalue weighted by Gasteiger charge is -2.12. The van der Waals surface area contributed by atoms with Crippen LogP contribution in [-0.2, 0) is 11.0 Å². The van der Waals surface area contributed by atoms with Gasteiger partial charge in [0, 0.05) is 6.42 Å². The first-order chi connectivity index (χ1) is 9.75. The average molecular weight is 304 g/mol. The molecular formula is C13H15F3N2O3. The number of halogens is 3. The molecule has 0 heterocycles. The largest absolute Gasteiger partial charge is 0.478 e. The molecular weight excluding hydrogens is 289 g/mol. The second kappa shape index (κ2) is 7.07. The molecule has 8 heteroatoms. The number of amides is 1. The van der Waals surface area contributed by atoms with Crippen molar-refractivity contribution >= 4 is 17.6 Å². The van der Waals surface area contributed by atoms with Crippen molar-refractivity contribution in [3.05, 3.63) is 29.3 Å². The Labute approximate surface area is 118 Å². The molecule has 21 heavy (non-hydrogen) atoms. The van der Waals surface area contributed by atoms with Gasteiger partial charge in [0.15, 0.2) is 0 Å². The molecule has 0 aliphatic rings. The molecule has 0 unspecified atom stereocenters. The Balaban J connectivity index is 2.92. The van der Waals surface area contributed by atoms with Gasteiger partial charge in [-0.15, -0.1) is 0 Å². The van der Waals surface area contributed by atoms with Crippen LogP contribution >= 0.6 is 0 Å². The molecule has 0 bridgehead atoms. The summed E-state index contributed by atoms with van der Waals surface area (Å²) in [5.74, 6) is -2.01. The van der Waals surface area contributed by atoms with E-state index in [0.29, 0.717) is 25.5 Å². The summed E-state index contributed by atoms with van der Waals surface area (Å²) in [6.07, 6.45) is -3.37. The third kappa shape index (κ3) is 5.07. The van der Waals surface area contributed by atoms with Crippen LogP contribution in [0.1, 0.15) is 35.2 Å². The van der Waals surface area contributed by atoms with Gasteiger partial charge in [-0.3, -0.25) is 4.79 Å². The predicted molar refractivity (Wildman–Crippen MR) is 69.9 cm³/mol. The summed E-state index contributed by atoms with van der Waals surface area (Å²) in [6.45, 7) is 0.425. The van der Waals surface area contributed by atoms with E-state index in [-0.39, 0.29) is 12.1 Å². The van der Waals surface area contributed by atoms with E-state index < -0.39 is 29.2 Å². The number of carboxylic acids is 1. The first-order valence-electron chi connectivity index (χ1n) is 6.20. The summed E-state index contributed by atoms with van der Waals surface area (Å²) in [4.78, 5) is 22.6. The van der Waals surface area contributed by atoms with Crippen molar-refractivity contribution in [2.75, 3.05) is 11.9 Å². The minimum Gasteiger partial charge on any atom is -0.478 e. The van der Waals surface area contributed by atoms with Gasteiger partial charge in [0.25, 0.3) is 0 Å². The van der Waals surface area contributed by atoms with Crippen LogP contribution in [0.25, 0.3) is 0 Å². The maximum atomic E-state index is 12.5. The zero-order chi connectivity index (χ0) is 16.0. The molecule has 1 aromatic carbocycles. The standard InChI is InChI=1S/C13H15F3N2O3/c14-13(15,16)8-4-5-10(9(7-8)12(20)21)18-11(19)3-1-2-6-17/h4-5,7H,1-3,6,17H2,(H,18,19)(H,20,21). The molecule has 1 amide bonds. The zero-order valence-corrected chi connectivity index (χ0v) is 11.0. The van der Waals surface area contributed by atoms with Gasteiger partial charge in [-0.25, -0.2) is 4.79 Å². The first-order valence-corrected chi connectivity index (χ1v) is 6.20. The average Bonchev–Trinajstić information content (AvgIpc) is 2.37. The highest BCUT2D eigenvalue weighted by molar-refractivity contribution is 6.00. The van der Waals surface area contributed by atoms with Crippen molar-refractivity contribution < 1.29 is 27.9 Å². The number of hydrogen-bond donors (Lipinski definition) is 3. The highest BCUT2D eigenvalue weighted by Crippen LogP contribution is 2.32. The molecule has 0 saturated heterocycles. The summed E-state index contributed by atoms with van der Waals surface area (Å²) in [5.41, 5.74) is 3.43. The fourth-order valence-corrected chi connectivity index (χ4v) is 1.65. The van der Waals surface area contributed by atoms with Crippen molar-refractivity contribution in [1.82, 2.24) is 0 Å². The van der Waals surface area contributed by atoms with Crippen LogP contribution < -0.4 is 11.1 Å². The Morgan fingerprint density at radius 1 is 1.24 bits per heavy atom. The van der Waals surface area contributed by atoms with Gasteiger partial charge in [0.2, 0.25) is 5.91 Å². The van der Waals surface area contributed by atoms with Crippen molar-refractivity contribution in [2.45, 2.75) is 25.4 Å². The van der Waals surface area contributed by atoms with E-state index in [1.54, 1.807) is 0 Å². The van der Waals surface area contributed by atoms with E-state index in [2.05, 4.69) is 5.32 Å². The third-order valence-corrected chi connectivity index (χ3v) is 2.71. The molecule has 0 aliphatic heterocycles. The second-order valence-corrected chi connectivity index (χ2v) is 4.36. The number of hydrogen-bond acceptors (Lipinski definition) is 3. The van der Waals surface area contributed by atoms with Crippen LogP contribution in [0.5, 0.6) is 0 Å². The van der Waals surface area contributed by atoms with Crippen LogP contribution in [0.2, 0.25) is 0 Å². The maximum Gasteiger partial charge on any atom is 0.416 e. The van der Waals surface area contributed by atoms with Crippen LogP contribution in [-0.4, -0.2) is 23.5 Å². The number of nitrogens with two attached hydrogens (primary N) is 1. The lowest BCUT2D eigenvalue weighted by Crippen LogP contribution is -2.16. The summed E-state index contributed by atoms with van der Waals surface area (Å²) < 4.78 is 37.6. The molecule has 1 aromatic rings. The fraction of sp³-hybridized carbons (Fsp3) is 0.385. The van der Waals surface area contributed by atoms with Crippen LogP contribution in [0.15, 0.2) is 18.2 Å². The quantitative estimate of drug-likeness (QED) is 0.704. The Bertz CT molecular complexity index is 530. The lowest BCUT2D eigenvalue weighted by atomic mass is 10.1. The summed E-state index contributed by atoms with van der Waals surface area (Å²) in [5, 5.41) is 11.2. The Morgan fingerprint density at radius 3 is 2.43 bits per heavy atom. The van der Waals surface area contributed by atoms with Gasteiger partial charge in [-0.1, -0.05) is 0 Å². The zero-order valence-electron chi connectivity index (χ0n) is 11.0. The molecule has 0 aliphatic carbocycles. The number of alkyl halides is 3. The van der Waals surface area contributed by atoms with Crippen LogP contribution in [0.4, 0.5) is 18.9 Å². The van der Waals surface area contributed by atoms with E-state index >= 15 is 0 Å². The SMILES string of the molecule is NCCCCC(=O)Nc1ccc(C(F)(F)F)cc1C(=O)O. The van der Waals surface area contributed by atoms with Crippen LogP contribution in [0, 0.1) is 0 Å². The highest BCUT2D eigenvalue weighted by atomic mass is 19.4. The molecule has 0 spiro atoms. The maximum absolute atomic E-state index is 12.5. The Morgan fingerprint density at radius 2 is 1.90 bits per heavy atom. The number of nitrogens with one attached hydrogen (secondary N) is 1. The number of benzene rings is 1. The van der Waals surface area contributed by atoms with Crippen molar-refractivity contribution in [2.24, 2.45) is 5.73 Å². The highest BCUT2D eigenvalue weighted by Gasteiger charge is 2.31. The van der Waals surface area contributed by atoms with E-state index in [4.69, 9.17) is 10.8 Å². The van der Waals surface area contributed by atoms with E-state index in [1.807, 2.05) is 0 Å². The number of anilines is 1. The Kier molecular flexibility index (Phi) is 5.71. The van der Waals surface area contributed by atoms with Gasteiger partial charge in [-0.05, 0) is 37.6 Å². The smallest absolute Gasteiger partial charge is 0.416 e. The summed E-state index contributed by atoms with van der Waals surface area (Å²) in [6, 6.07) is 2.16. The van der Waals surface area contributed by atoms with E-state index in [0.717, 1.165) is 12.1 Å². The predicted octanol–water partition coefficient (Wildman–Crippen LogP) is 2.47. The third-order valence-electron chi connectivity index (χ3n) is 2.71. The fourth-order valence-electron chi connectivity index (χ4n) is 1.65. The van der Waals surface area contributed by atoms with Gasteiger partial charge >= 0.3 is 12.1 Å². The molecule has 0 atom stereocenters. The summed E-state index contributed by atoms with van der Waals surface area (Å²) >= 11 is 0. The van der Waals surface area contributed by atoms with Crippen molar-refractivity contribution in [1.29, 1.82) is 0 Å². The number of carbonyl (C=O) groups excluding carboxylic acids is 1. The van der Waals surface area contributed by atoms with Gasteiger partial charge < -0.3 is 16.2 Å². The van der Waals surface area contributed by atoms with Crippen LogP contribution in [0.3, 0.4) is 0 Å². The minimum absolute atomic E-state index is 0.122. The number of carboxylic acid groups (broad SMARTS) is 1. The second-order valence-electron chi connectivity index (χ2n) is 4.36. The molecule has 0 fully saturated rings. The van der Waals surface area contributed by atoms with Gasteiger partial charge in [0.05, 0.1) is 16.8 Å². The van der Waals surface area contributed by atoms with Crippen molar-refractivity contribution in [3.8, 4) is 0 Å². The molecule has 0 saturated carbocycles. The Hall–Kier alpha value is -2.09. The monoisotopic (exact) mass is 304 g/mol. The topological polar surface area (TPSA) is 92.4 Å². The number of unbranched alkanes of at least 4 members (excludes halogenated alkanes) is 1. The minimum atomic E-state index is -4.64. The molecule has 0 radical (unpaired) electrons. The number of carbonyl (C=O) groups is 2. The van der Waals surface area contributed by atoms with E-state index in [1.165, 1.54) is 0 Å². The van der Waals surface area contributed by atoms with Gasteiger partial charge in [-0.2, -0.15) is 13.2 Å². The first kappa shape index (κ1) is 17.0. The lowest BCUT2D eigenvalue weighted by molar-refractivity contribution is -0.137. The molecule has 5 nitrogen and oxygen atoms in total. The number of aromatic carboxylic acids is 1. The number of rotatable bonds is 6. The van der Waals surface area contributed by atoms with E-state index in [9.17, 15) is 22.8 Å². The molecule has 1 rings (SSSR count). The van der Waals surface area contributed by atoms with Gasteiger partial charge in [0.1, 0.15) is 0 Å². The molecule has 0 aromatic heterocycles.